The van der Waals surface area contributed by atoms with E-state index in [-0.39, 0.29) is 4.90 Å². The second kappa shape index (κ2) is 6.87. The van der Waals surface area contributed by atoms with Crippen molar-refractivity contribution in [2.45, 2.75) is 37.5 Å². The van der Waals surface area contributed by atoms with Crippen molar-refractivity contribution in [3.63, 3.8) is 0 Å². The molecule has 0 amide bonds. The highest BCUT2D eigenvalue weighted by molar-refractivity contribution is 7.89. The van der Waals surface area contributed by atoms with Crippen molar-refractivity contribution in [2.24, 2.45) is 5.14 Å². The highest BCUT2D eigenvalue weighted by Crippen LogP contribution is 2.23. The van der Waals surface area contributed by atoms with E-state index >= 15 is 0 Å². The molecule has 2 rings (SSSR count). The van der Waals surface area contributed by atoms with Gasteiger partial charge in [0.2, 0.25) is 10.0 Å². The molecule has 0 spiro atoms. The van der Waals surface area contributed by atoms with E-state index in [2.05, 4.69) is 6.92 Å². The fourth-order valence-corrected chi connectivity index (χ4v) is 3.34. The fourth-order valence-electron chi connectivity index (χ4n) is 2.50. The monoisotopic (exact) mass is 303 g/mol. The lowest BCUT2D eigenvalue weighted by atomic mass is 9.96. The molecule has 0 fully saturated rings. The lowest BCUT2D eigenvalue weighted by Crippen LogP contribution is -2.16. The van der Waals surface area contributed by atoms with Gasteiger partial charge in [0.15, 0.2) is 0 Å². The van der Waals surface area contributed by atoms with E-state index in [0.717, 1.165) is 36.8 Å². The van der Waals surface area contributed by atoms with Gasteiger partial charge in [-0.15, -0.1) is 0 Å². The first kappa shape index (κ1) is 15.7. The van der Waals surface area contributed by atoms with Crippen molar-refractivity contribution in [1.29, 1.82) is 0 Å². The number of rotatable bonds is 6. The van der Waals surface area contributed by atoms with Crippen LogP contribution in [0, 0.1) is 0 Å². The summed E-state index contributed by atoms with van der Waals surface area (Å²) in [6, 6.07) is 15.4. The Morgan fingerprint density at radius 3 is 2.33 bits per heavy atom. The maximum absolute atomic E-state index is 11.8. The Morgan fingerprint density at radius 2 is 1.71 bits per heavy atom. The molecule has 0 aromatic heterocycles. The van der Waals surface area contributed by atoms with Crippen LogP contribution < -0.4 is 5.14 Å². The van der Waals surface area contributed by atoms with Crippen molar-refractivity contribution in [1.82, 2.24) is 0 Å². The maximum atomic E-state index is 11.8. The Kier molecular flexibility index (Phi) is 5.15. The van der Waals surface area contributed by atoms with Crippen molar-refractivity contribution in [2.75, 3.05) is 0 Å². The van der Waals surface area contributed by atoms with E-state index in [4.69, 9.17) is 5.14 Å². The van der Waals surface area contributed by atoms with Crippen LogP contribution in [-0.2, 0) is 22.9 Å². The number of hydrogen-bond acceptors (Lipinski definition) is 2. The predicted octanol–water partition coefficient (Wildman–Crippen LogP) is 3.27. The molecule has 3 nitrogen and oxygen atoms in total. The molecule has 0 aliphatic carbocycles. The van der Waals surface area contributed by atoms with Crippen molar-refractivity contribution < 1.29 is 8.42 Å². The van der Waals surface area contributed by atoms with Gasteiger partial charge < -0.3 is 0 Å². The topological polar surface area (TPSA) is 60.2 Å². The standard InChI is InChI=1S/C17H21NO2S/c1-2-3-11-16-15(13-14-8-5-4-6-9-14)10-7-12-17(16)21(18,19)20/h4-10,12H,2-3,11,13H2,1H3,(H2,18,19,20). The van der Waals surface area contributed by atoms with Gasteiger partial charge in [-0.25, -0.2) is 13.6 Å². The van der Waals surface area contributed by atoms with Gasteiger partial charge in [0.05, 0.1) is 4.90 Å². The lowest BCUT2D eigenvalue weighted by Gasteiger charge is -2.13. The van der Waals surface area contributed by atoms with Crippen LogP contribution in [0.5, 0.6) is 0 Å². The highest BCUT2D eigenvalue weighted by Gasteiger charge is 2.16. The number of benzene rings is 2. The van der Waals surface area contributed by atoms with Gasteiger partial charge in [0, 0.05) is 0 Å². The first-order valence-corrected chi connectivity index (χ1v) is 8.74. The molecule has 0 saturated heterocycles. The van der Waals surface area contributed by atoms with Gasteiger partial charge in [0.25, 0.3) is 0 Å². The molecule has 0 bridgehead atoms. The summed E-state index contributed by atoms with van der Waals surface area (Å²) in [5.74, 6) is 0. The third-order valence-corrected chi connectivity index (χ3v) is 4.55. The molecule has 0 unspecified atom stereocenters. The van der Waals surface area contributed by atoms with E-state index in [9.17, 15) is 8.42 Å². The van der Waals surface area contributed by atoms with Gasteiger partial charge >= 0.3 is 0 Å². The Balaban J connectivity index is 2.44. The summed E-state index contributed by atoms with van der Waals surface area (Å²) in [6.45, 7) is 2.09. The summed E-state index contributed by atoms with van der Waals surface area (Å²) >= 11 is 0. The summed E-state index contributed by atoms with van der Waals surface area (Å²) in [4.78, 5) is 0.268. The van der Waals surface area contributed by atoms with E-state index in [1.54, 1.807) is 12.1 Å². The molecule has 0 heterocycles. The normalized spacial score (nSPS) is 11.5. The zero-order valence-electron chi connectivity index (χ0n) is 12.2. The summed E-state index contributed by atoms with van der Waals surface area (Å²) in [5, 5.41) is 5.36. The third-order valence-electron chi connectivity index (χ3n) is 3.55. The molecule has 0 aliphatic heterocycles. The highest BCUT2D eigenvalue weighted by atomic mass is 32.2. The largest absolute Gasteiger partial charge is 0.238 e. The second-order valence-corrected chi connectivity index (χ2v) is 6.73. The average molecular weight is 303 g/mol. The summed E-state index contributed by atoms with van der Waals surface area (Å²) in [5.41, 5.74) is 3.08. The molecule has 2 N–H and O–H groups in total. The van der Waals surface area contributed by atoms with Crippen molar-refractivity contribution >= 4 is 10.0 Å². The number of hydrogen-bond donors (Lipinski definition) is 1. The lowest BCUT2D eigenvalue weighted by molar-refractivity contribution is 0.595. The zero-order valence-corrected chi connectivity index (χ0v) is 13.1. The van der Waals surface area contributed by atoms with Gasteiger partial charge in [-0.05, 0) is 42.0 Å². The number of nitrogens with two attached hydrogens (primary N) is 1. The first-order chi connectivity index (χ1) is 10.0. The van der Waals surface area contributed by atoms with Crippen LogP contribution in [0.3, 0.4) is 0 Å². The maximum Gasteiger partial charge on any atom is 0.238 e. The Labute approximate surface area is 126 Å². The molecular formula is C17H21NO2S. The third kappa shape index (κ3) is 4.16. The molecular weight excluding hydrogens is 282 g/mol. The van der Waals surface area contributed by atoms with E-state index in [1.165, 1.54) is 5.56 Å². The molecule has 0 saturated carbocycles. The first-order valence-electron chi connectivity index (χ1n) is 7.20. The van der Waals surface area contributed by atoms with Crippen LogP contribution in [0.15, 0.2) is 53.4 Å². The Bertz CT molecular complexity index is 694. The van der Waals surface area contributed by atoms with Gasteiger partial charge in [-0.1, -0.05) is 55.8 Å². The van der Waals surface area contributed by atoms with Crippen LogP contribution >= 0.6 is 0 Å². The molecule has 2 aromatic rings. The Morgan fingerprint density at radius 1 is 1.00 bits per heavy atom. The minimum Gasteiger partial charge on any atom is -0.225 e. The number of sulfonamides is 1. The predicted molar refractivity (Wildman–Crippen MR) is 85.7 cm³/mol. The summed E-state index contributed by atoms with van der Waals surface area (Å²) in [7, 11) is -3.68. The van der Waals surface area contributed by atoms with Gasteiger partial charge in [0.1, 0.15) is 0 Å². The zero-order chi connectivity index (χ0) is 15.3. The minimum atomic E-state index is -3.68. The average Bonchev–Trinajstić information content (AvgIpc) is 2.46. The fraction of sp³-hybridized carbons (Fsp3) is 0.294. The molecule has 0 atom stereocenters. The smallest absolute Gasteiger partial charge is 0.225 e. The van der Waals surface area contributed by atoms with Crippen LogP contribution in [-0.4, -0.2) is 8.42 Å². The van der Waals surface area contributed by atoms with Gasteiger partial charge in [-0.3, -0.25) is 0 Å². The molecule has 112 valence electrons. The van der Waals surface area contributed by atoms with Crippen LogP contribution in [0.4, 0.5) is 0 Å². The molecule has 4 heteroatoms. The second-order valence-electron chi connectivity index (χ2n) is 5.20. The van der Waals surface area contributed by atoms with E-state index in [0.29, 0.717) is 0 Å². The Hall–Kier alpha value is -1.65. The molecule has 2 aromatic carbocycles. The van der Waals surface area contributed by atoms with E-state index < -0.39 is 10.0 Å². The summed E-state index contributed by atoms with van der Waals surface area (Å²) < 4.78 is 23.6. The number of unbranched alkanes of at least 4 members (excludes halogenated alkanes) is 1. The molecule has 0 radical (unpaired) electrons. The quantitative estimate of drug-likeness (QED) is 0.890. The SMILES string of the molecule is CCCCc1c(Cc2ccccc2)cccc1S(N)(=O)=O. The van der Waals surface area contributed by atoms with Crippen LogP contribution in [0.25, 0.3) is 0 Å². The number of primary sulfonamides is 1. The van der Waals surface area contributed by atoms with Crippen LogP contribution in [0.2, 0.25) is 0 Å². The van der Waals surface area contributed by atoms with Crippen LogP contribution in [0.1, 0.15) is 36.5 Å². The minimum absolute atomic E-state index is 0.268. The summed E-state index contributed by atoms with van der Waals surface area (Å²) in [6.07, 6.45) is 3.44. The van der Waals surface area contributed by atoms with Crippen molar-refractivity contribution in [3.05, 3.63) is 65.2 Å². The van der Waals surface area contributed by atoms with Gasteiger partial charge in [-0.2, -0.15) is 0 Å². The molecule has 0 aliphatic rings. The molecule has 21 heavy (non-hydrogen) atoms. The van der Waals surface area contributed by atoms with E-state index in [1.807, 2.05) is 36.4 Å². The van der Waals surface area contributed by atoms with Crippen molar-refractivity contribution in [3.8, 4) is 0 Å².